The predicted molar refractivity (Wildman–Crippen MR) is 98.3 cm³/mol. The first-order valence-corrected chi connectivity index (χ1v) is 9.41. The van der Waals surface area contributed by atoms with Crippen LogP contribution in [-0.4, -0.2) is 24.5 Å². The van der Waals surface area contributed by atoms with Crippen molar-refractivity contribution in [3.8, 4) is 0 Å². The number of thiophene rings is 1. The summed E-state index contributed by atoms with van der Waals surface area (Å²) in [5, 5.41) is 4.57. The zero-order valence-electron chi connectivity index (χ0n) is 14.7. The fraction of sp³-hybridized carbons (Fsp3) is 0.368. The second kappa shape index (κ2) is 7.72. The van der Waals surface area contributed by atoms with Crippen LogP contribution in [0.1, 0.15) is 43.8 Å². The first-order valence-electron chi connectivity index (χ1n) is 8.59. The normalized spacial score (nSPS) is 16.5. The lowest BCUT2D eigenvalue weighted by molar-refractivity contribution is -0.123. The lowest BCUT2D eigenvalue weighted by Crippen LogP contribution is -2.33. The highest BCUT2D eigenvalue weighted by Crippen LogP contribution is 2.32. The highest BCUT2D eigenvalue weighted by molar-refractivity contribution is 7.14. The van der Waals surface area contributed by atoms with Crippen LogP contribution < -0.4 is 10.6 Å². The zero-order chi connectivity index (χ0) is 19.6. The smallest absolute Gasteiger partial charge is 0.343 e. The van der Waals surface area contributed by atoms with Crippen LogP contribution in [0, 0.1) is 5.92 Å². The largest absolute Gasteiger partial charge is 0.405 e. The van der Waals surface area contributed by atoms with Crippen LogP contribution in [-0.2, 0) is 12.8 Å². The predicted octanol–water partition coefficient (Wildman–Crippen LogP) is 4.42. The number of nitrogens with one attached hydrogen (secondary N) is 2. The minimum atomic E-state index is -4.46. The van der Waals surface area contributed by atoms with Crippen LogP contribution in [0.2, 0.25) is 0 Å². The number of carbonyl (C=O) groups excluding carboxylic acids is 2. The Kier molecular flexibility index (Phi) is 5.55. The number of rotatable bonds is 4. The molecule has 0 radical (unpaired) electrons. The van der Waals surface area contributed by atoms with Crippen molar-refractivity contribution >= 4 is 28.8 Å². The van der Waals surface area contributed by atoms with Gasteiger partial charge in [-0.05, 0) is 61.1 Å². The van der Waals surface area contributed by atoms with Crippen molar-refractivity contribution < 1.29 is 22.8 Å². The summed E-state index contributed by atoms with van der Waals surface area (Å²) >= 11 is 1.50. The molecule has 0 bridgehead atoms. The molecule has 0 saturated heterocycles. The number of hydrogen-bond acceptors (Lipinski definition) is 3. The Morgan fingerprint density at radius 1 is 1.19 bits per heavy atom. The van der Waals surface area contributed by atoms with E-state index in [2.05, 4.69) is 12.2 Å². The topological polar surface area (TPSA) is 58.2 Å². The van der Waals surface area contributed by atoms with Crippen molar-refractivity contribution in [3.63, 3.8) is 0 Å². The molecule has 2 amide bonds. The number of alkyl halides is 3. The van der Waals surface area contributed by atoms with Crippen LogP contribution >= 0.6 is 11.3 Å². The van der Waals surface area contributed by atoms with Crippen LogP contribution in [0.15, 0.2) is 30.3 Å². The molecule has 2 N–H and O–H groups in total. The Morgan fingerprint density at radius 3 is 2.56 bits per heavy atom. The summed E-state index contributed by atoms with van der Waals surface area (Å²) in [5.74, 6) is -0.416. The molecule has 1 aromatic heterocycles. The molecule has 27 heavy (non-hydrogen) atoms. The van der Waals surface area contributed by atoms with Gasteiger partial charge in [-0.3, -0.25) is 9.59 Å². The van der Waals surface area contributed by atoms with E-state index in [0.29, 0.717) is 16.5 Å². The Bertz CT molecular complexity index is 844. The van der Waals surface area contributed by atoms with E-state index in [0.717, 1.165) is 19.3 Å². The molecule has 0 spiro atoms. The van der Waals surface area contributed by atoms with Crippen molar-refractivity contribution in [2.24, 2.45) is 5.92 Å². The van der Waals surface area contributed by atoms with Gasteiger partial charge in [0.1, 0.15) is 6.54 Å². The molecule has 3 rings (SSSR count). The van der Waals surface area contributed by atoms with Crippen molar-refractivity contribution in [1.82, 2.24) is 5.32 Å². The number of amides is 2. The third-order valence-electron chi connectivity index (χ3n) is 4.41. The second-order valence-corrected chi connectivity index (χ2v) is 7.87. The molecule has 0 saturated carbocycles. The van der Waals surface area contributed by atoms with Crippen molar-refractivity contribution in [2.45, 2.75) is 32.4 Å². The first-order chi connectivity index (χ1) is 12.7. The highest BCUT2D eigenvalue weighted by atomic mass is 32.1. The van der Waals surface area contributed by atoms with Gasteiger partial charge in [-0.15, -0.1) is 11.3 Å². The maximum absolute atomic E-state index is 12.4. The lowest BCUT2D eigenvalue weighted by atomic mass is 9.90. The van der Waals surface area contributed by atoms with Crippen LogP contribution in [0.5, 0.6) is 0 Å². The molecule has 1 aromatic carbocycles. The Labute approximate surface area is 158 Å². The molecular formula is C19H19F3N2O2S. The molecule has 1 atom stereocenters. The summed E-state index contributed by atoms with van der Waals surface area (Å²) < 4.78 is 36.4. The standard InChI is InChI=1S/C19H19F3N2O2S/c1-11-2-7-15-13(8-11)9-16(27-15)18(26)24-14-5-3-12(4-6-14)17(25)23-10-19(20,21)22/h3-6,9,11H,2,7-8,10H2,1H3,(H,23,25)(H,24,26). The van der Waals surface area contributed by atoms with Crippen molar-refractivity contribution in [3.05, 3.63) is 51.2 Å². The average molecular weight is 396 g/mol. The Morgan fingerprint density at radius 2 is 1.89 bits per heavy atom. The zero-order valence-corrected chi connectivity index (χ0v) is 15.5. The van der Waals surface area contributed by atoms with E-state index in [1.807, 2.05) is 6.07 Å². The fourth-order valence-electron chi connectivity index (χ4n) is 3.00. The van der Waals surface area contributed by atoms with Gasteiger partial charge in [0, 0.05) is 16.1 Å². The third kappa shape index (κ3) is 5.09. The number of carbonyl (C=O) groups is 2. The van der Waals surface area contributed by atoms with Gasteiger partial charge in [-0.1, -0.05) is 6.92 Å². The highest BCUT2D eigenvalue weighted by Gasteiger charge is 2.28. The average Bonchev–Trinajstić information content (AvgIpc) is 3.03. The SMILES string of the molecule is CC1CCc2sc(C(=O)Nc3ccc(C(=O)NCC(F)(F)F)cc3)cc2C1. The lowest BCUT2D eigenvalue weighted by Gasteiger charge is -2.16. The van der Waals surface area contributed by atoms with Crippen molar-refractivity contribution in [1.29, 1.82) is 0 Å². The molecule has 0 aliphatic heterocycles. The van der Waals surface area contributed by atoms with E-state index in [4.69, 9.17) is 0 Å². The van der Waals surface area contributed by atoms with Gasteiger partial charge in [-0.25, -0.2) is 0 Å². The first kappa shape index (κ1) is 19.4. The van der Waals surface area contributed by atoms with Crippen LogP contribution in [0.4, 0.5) is 18.9 Å². The van der Waals surface area contributed by atoms with Crippen LogP contribution in [0.25, 0.3) is 0 Å². The summed E-state index contributed by atoms with van der Waals surface area (Å²) in [5.41, 5.74) is 1.81. The number of fused-ring (bicyclic) bond motifs is 1. The molecule has 144 valence electrons. The van der Waals surface area contributed by atoms with Crippen LogP contribution in [0.3, 0.4) is 0 Å². The monoisotopic (exact) mass is 396 g/mol. The van der Waals surface area contributed by atoms with E-state index < -0.39 is 18.6 Å². The summed E-state index contributed by atoms with van der Waals surface area (Å²) in [6.45, 7) is 0.818. The van der Waals surface area contributed by atoms with Gasteiger partial charge in [0.25, 0.3) is 11.8 Å². The van der Waals surface area contributed by atoms with Gasteiger partial charge in [0.15, 0.2) is 0 Å². The van der Waals surface area contributed by atoms with E-state index >= 15 is 0 Å². The number of anilines is 1. The minimum absolute atomic E-state index is 0.0952. The second-order valence-electron chi connectivity index (χ2n) is 6.74. The minimum Gasteiger partial charge on any atom is -0.343 e. The van der Waals surface area contributed by atoms with Gasteiger partial charge >= 0.3 is 6.18 Å². The van der Waals surface area contributed by atoms with Gasteiger partial charge < -0.3 is 10.6 Å². The third-order valence-corrected chi connectivity index (χ3v) is 5.64. The molecule has 4 nitrogen and oxygen atoms in total. The molecule has 1 unspecified atom stereocenters. The molecule has 2 aromatic rings. The molecular weight excluding hydrogens is 377 g/mol. The van der Waals surface area contributed by atoms with E-state index in [1.165, 1.54) is 46.0 Å². The summed E-state index contributed by atoms with van der Waals surface area (Å²) in [7, 11) is 0. The quantitative estimate of drug-likeness (QED) is 0.804. The van der Waals surface area contributed by atoms with Gasteiger partial charge in [-0.2, -0.15) is 13.2 Å². The molecule has 1 aliphatic rings. The number of aryl methyl sites for hydroxylation is 1. The number of benzene rings is 1. The van der Waals surface area contributed by atoms with E-state index in [1.54, 1.807) is 5.32 Å². The summed E-state index contributed by atoms with van der Waals surface area (Å²) in [4.78, 5) is 26.0. The van der Waals surface area contributed by atoms with Gasteiger partial charge in [0.2, 0.25) is 0 Å². The number of hydrogen-bond donors (Lipinski definition) is 2. The molecule has 0 fully saturated rings. The van der Waals surface area contributed by atoms with E-state index in [-0.39, 0.29) is 11.5 Å². The number of halogens is 3. The Balaban J connectivity index is 1.61. The summed E-state index contributed by atoms with van der Waals surface area (Å²) in [6, 6.07) is 7.68. The fourth-order valence-corrected chi connectivity index (χ4v) is 4.10. The molecule has 8 heteroatoms. The molecule has 1 heterocycles. The maximum atomic E-state index is 12.4. The summed E-state index contributed by atoms with van der Waals surface area (Å²) in [6.07, 6.45) is -1.34. The van der Waals surface area contributed by atoms with E-state index in [9.17, 15) is 22.8 Å². The molecule has 1 aliphatic carbocycles. The van der Waals surface area contributed by atoms with Crippen molar-refractivity contribution in [2.75, 3.05) is 11.9 Å². The maximum Gasteiger partial charge on any atom is 0.405 e. The Hall–Kier alpha value is -2.35. The van der Waals surface area contributed by atoms with Gasteiger partial charge in [0.05, 0.1) is 4.88 Å².